The predicted molar refractivity (Wildman–Crippen MR) is 131 cm³/mol. The van der Waals surface area contributed by atoms with Gasteiger partial charge in [-0.2, -0.15) is 0 Å². The second kappa shape index (κ2) is 9.83. The van der Waals surface area contributed by atoms with Crippen molar-refractivity contribution in [3.05, 3.63) is 40.3 Å². The molecule has 8 heteroatoms. The topological polar surface area (TPSA) is 76.5 Å². The third kappa shape index (κ3) is 5.75. The van der Waals surface area contributed by atoms with Gasteiger partial charge in [0.25, 0.3) is 5.91 Å². The average molecular weight is 457 g/mol. The Bertz CT molecular complexity index is 1110. The zero-order valence-corrected chi connectivity index (χ0v) is 20.5. The molecule has 3 aromatic rings. The summed E-state index contributed by atoms with van der Waals surface area (Å²) in [4.78, 5) is 31.5. The summed E-state index contributed by atoms with van der Waals surface area (Å²) in [6, 6.07) is 7.89. The summed E-state index contributed by atoms with van der Waals surface area (Å²) in [6.07, 6.45) is 1.26. The summed E-state index contributed by atoms with van der Waals surface area (Å²) in [5.74, 6) is 0.539. The summed E-state index contributed by atoms with van der Waals surface area (Å²) < 4.78 is 7.29. The zero-order chi connectivity index (χ0) is 23.5. The lowest BCUT2D eigenvalue weighted by atomic mass is 9.91. The minimum absolute atomic E-state index is 0.0711. The third-order valence-electron chi connectivity index (χ3n) is 5.15. The molecule has 1 aromatic carbocycles. The van der Waals surface area contributed by atoms with Crippen molar-refractivity contribution in [3.8, 4) is 0 Å². The molecule has 0 aliphatic heterocycles. The number of hydrogen-bond donors (Lipinski definition) is 1. The number of aryl methyl sites for hydroxylation is 2. The van der Waals surface area contributed by atoms with Crippen LogP contribution in [0.15, 0.2) is 29.6 Å². The van der Waals surface area contributed by atoms with Gasteiger partial charge in [-0.25, -0.2) is 4.98 Å². The highest BCUT2D eigenvalue weighted by Crippen LogP contribution is 2.30. The van der Waals surface area contributed by atoms with Crippen molar-refractivity contribution < 1.29 is 14.3 Å². The van der Waals surface area contributed by atoms with Gasteiger partial charge in [0.15, 0.2) is 0 Å². The van der Waals surface area contributed by atoms with E-state index < -0.39 is 0 Å². The van der Waals surface area contributed by atoms with Crippen LogP contribution in [0.5, 0.6) is 0 Å². The van der Waals surface area contributed by atoms with Gasteiger partial charge in [-0.05, 0) is 37.0 Å². The van der Waals surface area contributed by atoms with Crippen LogP contribution in [-0.2, 0) is 16.1 Å². The molecule has 0 saturated heterocycles. The van der Waals surface area contributed by atoms with Gasteiger partial charge in [0.1, 0.15) is 11.5 Å². The lowest BCUT2D eigenvalue weighted by Crippen LogP contribution is -2.29. The molecule has 3 rings (SSSR count). The fourth-order valence-electron chi connectivity index (χ4n) is 3.53. The van der Waals surface area contributed by atoms with E-state index in [1.54, 1.807) is 24.4 Å². The highest BCUT2D eigenvalue weighted by atomic mass is 32.1. The van der Waals surface area contributed by atoms with Crippen molar-refractivity contribution in [1.29, 1.82) is 0 Å². The lowest BCUT2D eigenvalue weighted by molar-refractivity contribution is -0.120. The molecule has 7 nitrogen and oxygen atoms in total. The number of benzene rings is 1. The number of aromatic nitrogens is 2. The van der Waals surface area contributed by atoms with Crippen LogP contribution in [-0.4, -0.2) is 42.1 Å². The van der Waals surface area contributed by atoms with Crippen molar-refractivity contribution in [2.45, 2.75) is 47.1 Å². The molecular weight excluding hydrogens is 424 g/mol. The van der Waals surface area contributed by atoms with Gasteiger partial charge in [-0.15, -0.1) is 11.3 Å². The predicted octanol–water partition coefficient (Wildman–Crippen LogP) is 5.09. The quantitative estimate of drug-likeness (QED) is 0.479. The lowest BCUT2D eigenvalue weighted by Gasteiger charge is -2.23. The van der Waals surface area contributed by atoms with Gasteiger partial charge < -0.3 is 19.5 Å². The van der Waals surface area contributed by atoms with Crippen molar-refractivity contribution in [2.75, 3.05) is 31.0 Å². The number of anilines is 2. The fraction of sp³-hybridized carbons (Fsp3) is 0.458. The minimum Gasteiger partial charge on any atom is -0.385 e. The largest absolute Gasteiger partial charge is 0.385 e. The first-order chi connectivity index (χ1) is 15.1. The highest BCUT2D eigenvalue weighted by molar-refractivity contribution is 7.09. The molecule has 2 aromatic heterocycles. The van der Waals surface area contributed by atoms with Gasteiger partial charge in [0.2, 0.25) is 5.91 Å². The van der Waals surface area contributed by atoms with Crippen LogP contribution < -0.4 is 10.2 Å². The Hall–Kier alpha value is -2.71. The Morgan fingerprint density at radius 2 is 2.00 bits per heavy atom. The number of methoxy groups -OCH3 is 1. The molecule has 2 amide bonds. The van der Waals surface area contributed by atoms with E-state index in [0.29, 0.717) is 31.1 Å². The van der Waals surface area contributed by atoms with Crippen LogP contribution in [0.3, 0.4) is 0 Å². The van der Waals surface area contributed by atoms with E-state index in [9.17, 15) is 9.59 Å². The number of ether oxygens (including phenoxy) is 1. The first kappa shape index (κ1) is 23.9. The Morgan fingerprint density at radius 1 is 1.25 bits per heavy atom. The molecule has 0 unspecified atom stereocenters. The van der Waals surface area contributed by atoms with Crippen LogP contribution in [0.1, 0.15) is 49.1 Å². The van der Waals surface area contributed by atoms with Crippen LogP contribution in [0.25, 0.3) is 10.9 Å². The van der Waals surface area contributed by atoms with E-state index in [-0.39, 0.29) is 17.2 Å². The maximum absolute atomic E-state index is 12.7. The van der Waals surface area contributed by atoms with Crippen molar-refractivity contribution >= 4 is 45.6 Å². The maximum Gasteiger partial charge on any atom is 0.276 e. The SMILES string of the molecule is COCCCn1c(NC(=O)c2csc(C)n2)cc2ccc(N(C)C(=O)CC(C)(C)C)cc21. The summed E-state index contributed by atoms with van der Waals surface area (Å²) in [5, 5.41) is 6.61. The molecule has 0 saturated carbocycles. The number of nitrogens with one attached hydrogen (secondary N) is 1. The van der Waals surface area contributed by atoms with Crippen molar-refractivity contribution in [2.24, 2.45) is 5.41 Å². The Kier molecular flexibility index (Phi) is 7.36. The van der Waals surface area contributed by atoms with Crippen LogP contribution in [0, 0.1) is 12.3 Å². The summed E-state index contributed by atoms with van der Waals surface area (Å²) >= 11 is 1.45. The monoisotopic (exact) mass is 456 g/mol. The van der Waals surface area contributed by atoms with Gasteiger partial charge >= 0.3 is 0 Å². The summed E-state index contributed by atoms with van der Waals surface area (Å²) in [6.45, 7) is 9.33. The van der Waals surface area contributed by atoms with Gasteiger partial charge in [-0.3, -0.25) is 9.59 Å². The number of carbonyl (C=O) groups is 2. The molecule has 32 heavy (non-hydrogen) atoms. The Labute approximate surface area is 193 Å². The van der Waals surface area contributed by atoms with E-state index in [1.807, 2.05) is 31.2 Å². The van der Waals surface area contributed by atoms with E-state index in [1.165, 1.54) is 11.3 Å². The Balaban J connectivity index is 1.94. The maximum atomic E-state index is 12.7. The van der Waals surface area contributed by atoms with Gasteiger partial charge in [-0.1, -0.05) is 26.8 Å². The Morgan fingerprint density at radius 3 is 2.62 bits per heavy atom. The first-order valence-corrected chi connectivity index (χ1v) is 11.6. The van der Waals surface area contributed by atoms with Crippen molar-refractivity contribution in [1.82, 2.24) is 9.55 Å². The minimum atomic E-state index is -0.233. The molecule has 1 N–H and O–H groups in total. The first-order valence-electron chi connectivity index (χ1n) is 10.7. The van der Waals surface area contributed by atoms with Gasteiger partial charge in [0.05, 0.1) is 10.5 Å². The van der Waals surface area contributed by atoms with E-state index >= 15 is 0 Å². The number of carbonyl (C=O) groups excluding carboxylic acids is 2. The average Bonchev–Trinajstić information content (AvgIpc) is 3.29. The molecule has 0 fully saturated rings. The molecule has 0 radical (unpaired) electrons. The zero-order valence-electron chi connectivity index (χ0n) is 19.7. The van der Waals surface area contributed by atoms with E-state index in [4.69, 9.17) is 4.74 Å². The second-order valence-electron chi connectivity index (χ2n) is 9.17. The van der Waals surface area contributed by atoms with Crippen LogP contribution >= 0.6 is 11.3 Å². The smallest absolute Gasteiger partial charge is 0.276 e. The molecule has 0 aliphatic carbocycles. The molecule has 172 valence electrons. The number of thiazole rings is 1. The number of nitrogens with zero attached hydrogens (tertiary/aromatic N) is 3. The van der Waals surface area contributed by atoms with Crippen LogP contribution in [0.2, 0.25) is 0 Å². The molecule has 0 atom stereocenters. The molecular formula is C24H32N4O3S. The number of amides is 2. The van der Waals surface area contributed by atoms with Crippen molar-refractivity contribution in [3.63, 3.8) is 0 Å². The highest BCUT2D eigenvalue weighted by Gasteiger charge is 2.21. The standard InChI is InChI=1S/C24H32N4O3S/c1-16-25-19(15-32-16)23(30)26-21-12-17-8-9-18(27(5)22(29)14-24(2,3)4)13-20(17)28(21)10-7-11-31-6/h8-9,12-13,15H,7,10-11,14H2,1-6H3,(H,26,30). The van der Waals surface area contributed by atoms with Gasteiger partial charge in [0, 0.05) is 50.2 Å². The number of rotatable bonds is 8. The molecule has 0 spiro atoms. The van der Waals surface area contributed by atoms with E-state index in [0.717, 1.165) is 28.0 Å². The normalized spacial score (nSPS) is 11.7. The molecule has 2 heterocycles. The number of hydrogen-bond acceptors (Lipinski definition) is 5. The number of fused-ring (bicyclic) bond motifs is 1. The second-order valence-corrected chi connectivity index (χ2v) is 10.2. The third-order valence-corrected chi connectivity index (χ3v) is 5.93. The molecule has 0 aliphatic rings. The summed E-state index contributed by atoms with van der Waals surface area (Å²) in [5.41, 5.74) is 2.11. The summed E-state index contributed by atoms with van der Waals surface area (Å²) in [7, 11) is 3.48. The van der Waals surface area contributed by atoms with Crippen LogP contribution in [0.4, 0.5) is 11.5 Å². The fourth-order valence-corrected chi connectivity index (χ4v) is 4.12. The molecule has 0 bridgehead atoms. The van der Waals surface area contributed by atoms with E-state index in [2.05, 4.69) is 35.6 Å².